The molecule has 0 fully saturated rings. The van der Waals surface area contributed by atoms with Gasteiger partial charge in [-0.25, -0.2) is 14.4 Å². The van der Waals surface area contributed by atoms with Gasteiger partial charge in [-0.2, -0.15) is 5.43 Å². The van der Waals surface area contributed by atoms with E-state index in [-0.39, 0.29) is 18.1 Å². The number of nitrogens with one attached hydrogen (secondary N) is 2. The Morgan fingerprint density at radius 1 is 1.20 bits per heavy atom. The lowest BCUT2D eigenvalue weighted by atomic mass is 10.1. The highest BCUT2D eigenvalue weighted by molar-refractivity contribution is 7.07. The summed E-state index contributed by atoms with van der Waals surface area (Å²) in [5, 5.41) is 1.91. The first-order valence-corrected chi connectivity index (χ1v) is 8.60. The quantitative estimate of drug-likeness (QED) is 0.554. The molecule has 0 saturated carbocycles. The molecule has 0 aliphatic rings. The Balaban J connectivity index is 1.67. The first-order chi connectivity index (χ1) is 12.2. The second-order valence-corrected chi connectivity index (χ2v) is 6.26. The SMILES string of the molecule is O=C(Cc1ccc(F)cc1)N[n+]1c(-c2cscn2)[nH]c2ccccc21. The molecule has 0 aliphatic carbocycles. The Hall–Kier alpha value is -3.06. The first-order valence-electron chi connectivity index (χ1n) is 7.66. The maximum Gasteiger partial charge on any atom is 0.331 e. The summed E-state index contributed by atoms with van der Waals surface area (Å²) in [5.41, 5.74) is 7.88. The molecule has 7 heteroatoms. The van der Waals surface area contributed by atoms with E-state index in [2.05, 4.69) is 15.4 Å². The number of hydrogen-bond acceptors (Lipinski definition) is 3. The number of fused-ring (bicyclic) bond motifs is 1. The van der Waals surface area contributed by atoms with Crippen LogP contribution in [-0.2, 0) is 11.2 Å². The molecule has 0 radical (unpaired) electrons. The zero-order chi connectivity index (χ0) is 17.2. The third kappa shape index (κ3) is 3.14. The van der Waals surface area contributed by atoms with Crippen molar-refractivity contribution in [3.8, 4) is 11.5 Å². The molecule has 2 heterocycles. The van der Waals surface area contributed by atoms with Crippen molar-refractivity contribution in [1.82, 2.24) is 9.97 Å². The first kappa shape index (κ1) is 15.5. The third-order valence-corrected chi connectivity index (χ3v) is 4.40. The van der Waals surface area contributed by atoms with Gasteiger partial charge in [0.1, 0.15) is 5.82 Å². The predicted octanol–water partition coefficient (Wildman–Crippen LogP) is 3.03. The van der Waals surface area contributed by atoms with Crippen molar-refractivity contribution in [3.05, 3.63) is 70.8 Å². The summed E-state index contributed by atoms with van der Waals surface area (Å²) in [7, 11) is 0. The molecule has 0 spiro atoms. The molecule has 1 amide bonds. The largest absolute Gasteiger partial charge is 0.331 e. The molecule has 5 nitrogen and oxygen atoms in total. The molecule has 2 aromatic carbocycles. The Morgan fingerprint density at radius 3 is 2.76 bits per heavy atom. The van der Waals surface area contributed by atoms with Crippen molar-refractivity contribution >= 4 is 28.3 Å². The van der Waals surface area contributed by atoms with Crippen LogP contribution in [0.5, 0.6) is 0 Å². The molecule has 0 bridgehead atoms. The number of rotatable bonds is 4. The van der Waals surface area contributed by atoms with E-state index in [1.807, 2.05) is 29.6 Å². The Bertz CT molecular complexity index is 1030. The van der Waals surface area contributed by atoms with E-state index < -0.39 is 0 Å². The van der Waals surface area contributed by atoms with Crippen LogP contribution in [0.4, 0.5) is 4.39 Å². The third-order valence-electron chi connectivity index (χ3n) is 3.81. The van der Waals surface area contributed by atoms with Gasteiger partial charge in [0.15, 0.2) is 11.2 Å². The number of halogens is 1. The van der Waals surface area contributed by atoms with Crippen LogP contribution in [0.1, 0.15) is 5.56 Å². The summed E-state index contributed by atoms with van der Waals surface area (Å²) in [4.78, 5) is 20.1. The van der Waals surface area contributed by atoms with Gasteiger partial charge in [0.25, 0.3) is 5.91 Å². The highest BCUT2D eigenvalue weighted by Crippen LogP contribution is 2.18. The molecule has 124 valence electrons. The van der Waals surface area contributed by atoms with E-state index in [9.17, 15) is 9.18 Å². The summed E-state index contributed by atoms with van der Waals surface area (Å²) in [6, 6.07) is 13.6. The van der Waals surface area contributed by atoms with Gasteiger partial charge in [0.05, 0.1) is 11.9 Å². The lowest BCUT2D eigenvalue weighted by molar-refractivity contribution is -0.603. The summed E-state index contributed by atoms with van der Waals surface area (Å²) in [6.45, 7) is 0. The second kappa shape index (κ2) is 6.45. The van der Waals surface area contributed by atoms with Gasteiger partial charge in [-0.15, -0.1) is 16.0 Å². The molecule has 4 rings (SSSR count). The number of aromatic nitrogens is 3. The predicted molar refractivity (Wildman–Crippen MR) is 94.1 cm³/mol. The average Bonchev–Trinajstić information content (AvgIpc) is 3.25. The van der Waals surface area contributed by atoms with Gasteiger partial charge >= 0.3 is 5.82 Å². The molecule has 0 aliphatic heterocycles. The van der Waals surface area contributed by atoms with Crippen molar-refractivity contribution < 1.29 is 13.9 Å². The summed E-state index contributed by atoms with van der Waals surface area (Å²) >= 11 is 1.48. The summed E-state index contributed by atoms with van der Waals surface area (Å²) in [6.07, 6.45) is 0.156. The van der Waals surface area contributed by atoms with Gasteiger partial charge in [-0.3, -0.25) is 4.79 Å². The molecule has 0 saturated heterocycles. The van der Waals surface area contributed by atoms with E-state index in [1.54, 1.807) is 22.3 Å². The highest BCUT2D eigenvalue weighted by atomic mass is 32.1. The van der Waals surface area contributed by atoms with Crippen LogP contribution in [0.15, 0.2) is 59.4 Å². The van der Waals surface area contributed by atoms with E-state index in [0.717, 1.165) is 22.3 Å². The topological polar surface area (TPSA) is 61.7 Å². The zero-order valence-electron chi connectivity index (χ0n) is 13.1. The molecule has 4 aromatic rings. The molecule has 25 heavy (non-hydrogen) atoms. The molecular weight excluding hydrogens is 339 g/mol. The molecular formula is C18H14FN4OS+. The Kier molecular flexibility index (Phi) is 3.99. The highest BCUT2D eigenvalue weighted by Gasteiger charge is 2.23. The Labute approximate surface area is 146 Å². The van der Waals surface area contributed by atoms with Gasteiger partial charge in [0, 0.05) is 5.38 Å². The number of para-hydroxylation sites is 2. The van der Waals surface area contributed by atoms with Crippen LogP contribution in [0.25, 0.3) is 22.6 Å². The molecule has 0 atom stereocenters. The number of thiazole rings is 1. The fourth-order valence-electron chi connectivity index (χ4n) is 2.65. The Morgan fingerprint density at radius 2 is 2.00 bits per heavy atom. The summed E-state index contributed by atoms with van der Waals surface area (Å²) in [5.74, 6) is 0.189. The van der Waals surface area contributed by atoms with Crippen LogP contribution in [-0.4, -0.2) is 15.9 Å². The van der Waals surface area contributed by atoms with E-state index in [1.165, 1.54) is 23.5 Å². The normalized spacial score (nSPS) is 10.9. The minimum atomic E-state index is -0.319. The number of imidazole rings is 1. The summed E-state index contributed by atoms with van der Waals surface area (Å²) < 4.78 is 14.7. The lowest BCUT2D eigenvalue weighted by Gasteiger charge is -2.04. The number of H-pyrrole nitrogens is 1. The monoisotopic (exact) mass is 353 g/mol. The second-order valence-electron chi connectivity index (χ2n) is 5.54. The van der Waals surface area contributed by atoms with Crippen LogP contribution in [0, 0.1) is 5.82 Å². The zero-order valence-corrected chi connectivity index (χ0v) is 13.9. The van der Waals surface area contributed by atoms with Crippen molar-refractivity contribution in [1.29, 1.82) is 0 Å². The van der Waals surface area contributed by atoms with Crippen molar-refractivity contribution in [3.63, 3.8) is 0 Å². The van der Waals surface area contributed by atoms with E-state index >= 15 is 0 Å². The number of benzene rings is 2. The number of carbonyl (C=O) groups is 1. The fourth-order valence-corrected chi connectivity index (χ4v) is 3.19. The number of carbonyl (C=O) groups excluding carboxylic acids is 1. The lowest BCUT2D eigenvalue weighted by Crippen LogP contribution is -2.49. The minimum Gasteiger partial charge on any atom is -0.271 e. The van der Waals surface area contributed by atoms with Gasteiger partial charge in [0.2, 0.25) is 5.52 Å². The van der Waals surface area contributed by atoms with Crippen LogP contribution < -0.4 is 10.1 Å². The van der Waals surface area contributed by atoms with Crippen LogP contribution in [0.2, 0.25) is 0 Å². The maximum atomic E-state index is 13.0. The van der Waals surface area contributed by atoms with Crippen LogP contribution >= 0.6 is 11.3 Å². The van der Waals surface area contributed by atoms with E-state index in [0.29, 0.717) is 5.82 Å². The van der Waals surface area contributed by atoms with Crippen molar-refractivity contribution in [2.24, 2.45) is 0 Å². The number of nitrogens with zero attached hydrogens (tertiary/aromatic N) is 2. The molecule has 2 N–H and O–H groups in total. The van der Waals surface area contributed by atoms with Crippen LogP contribution in [0.3, 0.4) is 0 Å². The molecule has 2 aromatic heterocycles. The average molecular weight is 353 g/mol. The smallest absolute Gasteiger partial charge is 0.271 e. The number of amides is 1. The fraction of sp³-hybridized carbons (Fsp3) is 0.0556. The van der Waals surface area contributed by atoms with Gasteiger partial charge in [-0.1, -0.05) is 24.3 Å². The van der Waals surface area contributed by atoms with Crippen molar-refractivity contribution in [2.45, 2.75) is 6.42 Å². The van der Waals surface area contributed by atoms with Gasteiger partial charge in [-0.05, 0) is 29.8 Å². The number of hydrogen-bond donors (Lipinski definition) is 2. The van der Waals surface area contributed by atoms with E-state index in [4.69, 9.17) is 0 Å². The van der Waals surface area contributed by atoms with Crippen molar-refractivity contribution in [2.75, 3.05) is 5.43 Å². The number of aromatic amines is 1. The van der Waals surface area contributed by atoms with Gasteiger partial charge < -0.3 is 0 Å². The standard InChI is InChI=1S/C18H13FN4OS/c19-13-7-5-12(6-8-13)9-17(24)22-23-16-4-2-1-3-14(16)21-18(23)15-10-25-11-20-15/h1-8,10-11H,9H2,(H,22,24)/p+1. The minimum absolute atomic E-state index is 0.156. The maximum absolute atomic E-state index is 13.0. The molecule has 0 unspecified atom stereocenters.